The number of rotatable bonds is 11. The Morgan fingerprint density at radius 1 is 0.750 bits per heavy atom. The highest BCUT2D eigenvalue weighted by Gasteiger charge is 2.70. The molecular weight excluding hydrogens is 768 g/mol. The lowest BCUT2D eigenvalue weighted by Gasteiger charge is -2.27. The van der Waals surface area contributed by atoms with Crippen LogP contribution in [0.4, 0.5) is 35.1 Å². The predicted molar refractivity (Wildman–Crippen MR) is 140 cm³/mol. The zero-order valence-electron chi connectivity index (χ0n) is 24.0. The van der Waals surface area contributed by atoms with E-state index >= 15 is 0 Å². The summed E-state index contributed by atoms with van der Waals surface area (Å²) in [6.07, 6.45) is -5.64. The van der Waals surface area contributed by atoms with E-state index in [1.807, 2.05) is 0 Å². The van der Waals surface area contributed by atoms with Gasteiger partial charge in [0.15, 0.2) is 0 Å². The van der Waals surface area contributed by atoms with Crippen molar-refractivity contribution in [2.24, 2.45) is 47.3 Å². The average molecular weight is 795 g/mol. The first-order valence-corrected chi connectivity index (χ1v) is 16.3. The van der Waals surface area contributed by atoms with Gasteiger partial charge >= 0.3 is 45.8 Å². The molecule has 4 saturated carbocycles. The number of hydrogen-bond donors (Lipinski definition) is 3. The molecule has 272 valence electrons. The Balaban J connectivity index is 0.000000188. The van der Waals surface area contributed by atoms with Gasteiger partial charge in [0.2, 0.25) is 11.1 Å². The Morgan fingerprint density at radius 2 is 1.12 bits per heavy atom. The number of carbonyl (C=O) groups is 4. The van der Waals surface area contributed by atoms with Gasteiger partial charge in [-0.3, -0.25) is 19.2 Å². The van der Waals surface area contributed by atoms with Crippen molar-refractivity contribution in [1.29, 1.82) is 0 Å². The van der Waals surface area contributed by atoms with Gasteiger partial charge in [-0.05, 0) is 28.8 Å². The van der Waals surface area contributed by atoms with E-state index in [0.29, 0.717) is 12.8 Å². The zero-order chi connectivity index (χ0) is 35.9. The van der Waals surface area contributed by atoms with Crippen LogP contribution in [0.5, 0.6) is 0 Å². The van der Waals surface area contributed by atoms with E-state index < -0.39 is 143 Å². The summed E-state index contributed by atoms with van der Waals surface area (Å²) >= 11 is -2.51. The molecule has 6 fully saturated rings. The molecule has 2 heterocycles. The number of carbonyl (C=O) groups excluding carboxylic acids is 4. The third-order valence-electron chi connectivity index (χ3n) is 10.1. The monoisotopic (exact) mass is 794 g/mol. The summed E-state index contributed by atoms with van der Waals surface area (Å²) in [6.45, 7) is -2.05. The number of esters is 4. The second-order valence-corrected chi connectivity index (χ2v) is 14.5. The van der Waals surface area contributed by atoms with E-state index in [1.54, 1.807) is 15.9 Å². The summed E-state index contributed by atoms with van der Waals surface area (Å²) in [5.74, 6) is -18.0. The molecule has 6 aliphatic rings. The van der Waals surface area contributed by atoms with E-state index in [2.05, 4.69) is 9.47 Å². The number of hydrogen-bond acceptors (Lipinski definition) is 11. The van der Waals surface area contributed by atoms with Gasteiger partial charge < -0.3 is 33.7 Å². The van der Waals surface area contributed by atoms with Crippen LogP contribution in [0.3, 0.4) is 0 Å². The fourth-order valence-electron chi connectivity index (χ4n) is 7.85. The third-order valence-corrected chi connectivity index (χ3v) is 11.4. The molecule has 3 N–H and O–H groups in total. The molecule has 0 aromatic carbocycles. The molecule has 12 nitrogen and oxygen atoms in total. The van der Waals surface area contributed by atoms with Crippen LogP contribution in [0, 0.1) is 47.3 Å². The van der Waals surface area contributed by atoms with Crippen LogP contribution in [0.15, 0.2) is 0 Å². The number of halogens is 9. The summed E-state index contributed by atoms with van der Waals surface area (Å²) < 4.78 is 142. The molecule has 22 heteroatoms. The number of aliphatic hydroxyl groups excluding tert-OH is 2. The highest BCUT2D eigenvalue weighted by molar-refractivity contribution is 9.10. The van der Waals surface area contributed by atoms with Crippen LogP contribution in [-0.4, -0.2) is 102 Å². The number of fused-ring (bicyclic) bond motifs is 2. The maximum absolute atomic E-state index is 13.3. The molecule has 0 spiro atoms. The Bertz CT molecular complexity index is 1370. The van der Waals surface area contributed by atoms with Gasteiger partial charge in [-0.1, -0.05) is 0 Å². The normalized spacial score (nSPS) is 38.3. The van der Waals surface area contributed by atoms with Gasteiger partial charge in [0.1, 0.15) is 12.2 Å². The van der Waals surface area contributed by atoms with Gasteiger partial charge in [0.25, 0.3) is 0 Å². The van der Waals surface area contributed by atoms with Crippen molar-refractivity contribution in [3.05, 3.63) is 0 Å². The van der Waals surface area contributed by atoms with Crippen molar-refractivity contribution >= 4 is 50.9 Å². The van der Waals surface area contributed by atoms with Gasteiger partial charge in [-0.15, -0.1) is 0 Å². The van der Waals surface area contributed by atoms with Crippen molar-refractivity contribution in [2.75, 3.05) is 13.2 Å². The Kier molecular flexibility index (Phi) is 9.70. The predicted octanol–water partition coefficient (Wildman–Crippen LogP) is 2.25. The number of ether oxygens (including phenoxy) is 4. The first kappa shape index (κ1) is 37.1. The Morgan fingerprint density at radius 3 is 1.48 bits per heavy atom. The van der Waals surface area contributed by atoms with Crippen LogP contribution < -0.4 is 0 Å². The lowest BCUT2D eigenvalue weighted by Crippen LogP contribution is -2.45. The topological polar surface area (TPSA) is 183 Å². The molecule has 2 aliphatic heterocycles. The van der Waals surface area contributed by atoms with Gasteiger partial charge in [0.05, 0.1) is 61.9 Å². The van der Waals surface area contributed by atoms with Gasteiger partial charge in [-0.25, -0.2) is 4.21 Å². The minimum Gasteiger partial charge on any atom is -0.465 e. The summed E-state index contributed by atoms with van der Waals surface area (Å²) in [6, 6.07) is 0. The van der Waals surface area contributed by atoms with Crippen LogP contribution >= 0.6 is 15.9 Å². The minimum absolute atomic E-state index is 0.284. The molecule has 48 heavy (non-hydrogen) atoms. The van der Waals surface area contributed by atoms with Gasteiger partial charge in [0, 0.05) is 23.7 Å². The standard InChI is InChI=1S/C13H13BrF4O5.C13H14F4O7S/c14-13(17,18)12(15,16)1-2-22-10(20)6-4-3-5-7(6)11(21)23-9(5)8(4)19;14-12(15,13(16,17)25(21)22)1-2-23-10(19)6-4-3-5-7(6)11(20)24-9(5)8(4)18/h4-9,19H,1-3H2;4-9,18H,1-3H2,(H,21,22). The van der Waals surface area contributed by atoms with E-state index in [1.165, 1.54) is 0 Å². The molecule has 13 unspecified atom stereocenters. The fourth-order valence-corrected chi connectivity index (χ4v) is 8.40. The Labute approximate surface area is 275 Å². The molecule has 13 atom stereocenters. The average Bonchev–Trinajstić information content (AvgIpc) is 3.77. The van der Waals surface area contributed by atoms with E-state index in [0.717, 1.165) is 0 Å². The van der Waals surface area contributed by atoms with Crippen LogP contribution in [0.1, 0.15) is 25.7 Å². The van der Waals surface area contributed by atoms with Crippen LogP contribution in [0.2, 0.25) is 0 Å². The van der Waals surface area contributed by atoms with Crippen molar-refractivity contribution in [3.8, 4) is 0 Å². The highest BCUT2D eigenvalue weighted by Crippen LogP contribution is 2.59. The second-order valence-electron chi connectivity index (χ2n) is 12.5. The summed E-state index contributed by atoms with van der Waals surface area (Å²) in [7, 11) is 0. The molecule has 2 saturated heterocycles. The van der Waals surface area contributed by atoms with E-state index in [9.17, 15) is 68.7 Å². The summed E-state index contributed by atoms with van der Waals surface area (Å²) in [5, 5.41) is 14.8. The van der Waals surface area contributed by atoms with Crippen molar-refractivity contribution < 1.29 is 92.2 Å². The first-order chi connectivity index (χ1) is 22.0. The highest BCUT2D eigenvalue weighted by atomic mass is 79.9. The maximum Gasteiger partial charge on any atom is 0.406 e. The molecule has 6 rings (SSSR count). The lowest BCUT2D eigenvalue weighted by atomic mass is 9.78. The molecule has 4 bridgehead atoms. The number of aliphatic hydroxyl groups is 2. The zero-order valence-corrected chi connectivity index (χ0v) is 26.4. The van der Waals surface area contributed by atoms with Crippen molar-refractivity contribution in [3.63, 3.8) is 0 Å². The SMILES string of the molecule is O=C(OCCC(F)(F)C(F)(F)Br)C1C2CC3C(OC(=O)C31)C2O.O=C(OCCC(F)(F)C(F)(F)S(=O)O)C1C2CC3C(OC(=O)C31)C2O. The quantitative estimate of drug-likeness (QED) is 0.0914. The minimum atomic E-state index is -5.19. The smallest absolute Gasteiger partial charge is 0.406 e. The molecule has 0 radical (unpaired) electrons. The first-order valence-electron chi connectivity index (χ1n) is 14.4. The summed E-state index contributed by atoms with van der Waals surface area (Å²) in [4.78, 5) is 43.3. The molecular formula is C26H27BrF8O12S. The van der Waals surface area contributed by atoms with Crippen LogP contribution in [0.25, 0.3) is 0 Å². The number of alkyl halides is 9. The Hall–Kier alpha value is -2.17. The molecule has 0 aromatic heterocycles. The lowest BCUT2D eigenvalue weighted by molar-refractivity contribution is -0.176. The van der Waals surface area contributed by atoms with E-state index in [4.69, 9.17) is 14.0 Å². The molecule has 0 amide bonds. The van der Waals surface area contributed by atoms with Gasteiger partial charge in [-0.2, -0.15) is 35.1 Å². The molecule has 4 aliphatic carbocycles. The van der Waals surface area contributed by atoms with Crippen LogP contribution in [-0.2, 0) is 49.2 Å². The fraction of sp³-hybridized carbons (Fsp3) is 0.846. The maximum atomic E-state index is 13.3. The van der Waals surface area contributed by atoms with E-state index in [-0.39, 0.29) is 11.8 Å². The molecule has 0 aromatic rings. The van der Waals surface area contributed by atoms with Crippen molar-refractivity contribution in [1.82, 2.24) is 0 Å². The largest absolute Gasteiger partial charge is 0.465 e. The summed E-state index contributed by atoms with van der Waals surface area (Å²) in [5.41, 5.74) is 0. The second kappa shape index (κ2) is 12.6. The van der Waals surface area contributed by atoms with Crippen molar-refractivity contribution in [2.45, 2.75) is 72.0 Å². The third kappa shape index (κ3) is 5.99.